The summed E-state index contributed by atoms with van der Waals surface area (Å²) in [6, 6.07) is 0.514. The predicted octanol–water partition coefficient (Wildman–Crippen LogP) is 0.241. The lowest BCUT2D eigenvalue weighted by Gasteiger charge is -2.30. The van der Waals surface area contributed by atoms with E-state index in [4.69, 9.17) is 0 Å². The lowest BCUT2D eigenvalue weighted by Crippen LogP contribution is -2.49. The van der Waals surface area contributed by atoms with Gasteiger partial charge < -0.3 is 15.1 Å². The number of aromatic amines is 1. The van der Waals surface area contributed by atoms with Gasteiger partial charge in [0.05, 0.1) is 0 Å². The SMILES string of the molecule is C[C@@H]1CN(c2n[nH]c(CCN3CCCC3)n2)CCN1. The average Bonchev–Trinajstić information content (AvgIpc) is 3.08. The van der Waals surface area contributed by atoms with Crippen molar-refractivity contribution in [2.45, 2.75) is 32.2 Å². The number of H-pyrrole nitrogens is 1. The van der Waals surface area contributed by atoms with E-state index in [0.29, 0.717) is 6.04 Å². The maximum absolute atomic E-state index is 4.63. The highest BCUT2D eigenvalue weighted by Gasteiger charge is 2.19. The molecule has 2 N–H and O–H groups in total. The number of likely N-dealkylation sites (tertiary alicyclic amines) is 1. The first-order valence-corrected chi connectivity index (χ1v) is 7.43. The Morgan fingerprint density at radius 2 is 2.11 bits per heavy atom. The van der Waals surface area contributed by atoms with Gasteiger partial charge >= 0.3 is 0 Å². The molecule has 0 amide bonds. The fourth-order valence-electron chi connectivity index (χ4n) is 2.92. The molecule has 2 aliphatic heterocycles. The maximum Gasteiger partial charge on any atom is 0.244 e. The minimum Gasteiger partial charge on any atom is -0.337 e. The molecule has 106 valence electrons. The molecule has 3 heterocycles. The van der Waals surface area contributed by atoms with Crippen LogP contribution in [0.2, 0.25) is 0 Å². The van der Waals surface area contributed by atoms with Crippen LogP contribution in [0, 0.1) is 0 Å². The van der Waals surface area contributed by atoms with E-state index < -0.39 is 0 Å². The molecule has 6 heteroatoms. The Morgan fingerprint density at radius 3 is 2.89 bits per heavy atom. The summed E-state index contributed by atoms with van der Waals surface area (Å²) in [6.07, 6.45) is 3.68. The van der Waals surface area contributed by atoms with E-state index in [2.05, 4.69) is 37.2 Å². The number of hydrogen-bond acceptors (Lipinski definition) is 5. The third kappa shape index (κ3) is 3.25. The van der Waals surface area contributed by atoms with Gasteiger partial charge in [-0.1, -0.05) is 0 Å². The Labute approximate surface area is 114 Å². The predicted molar refractivity (Wildman–Crippen MR) is 75.4 cm³/mol. The molecule has 0 aromatic carbocycles. The van der Waals surface area contributed by atoms with Gasteiger partial charge in [0.25, 0.3) is 0 Å². The van der Waals surface area contributed by atoms with E-state index in [1.165, 1.54) is 25.9 Å². The summed E-state index contributed by atoms with van der Waals surface area (Å²) in [6.45, 7) is 8.79. The van der Waals surface area contributed by atoms with Crippen molar-refractivity contribution in [2.24, 2.45) is 0 Å². The number of nitrogens with one attached hydrogen (secondary N) is 2. The summed E-state index contributed by atoms with van der Waals surface area (Å²) in [5.41, 5.74) is 0. The van der Waals surface area contributed by atoms with Crippen LogP contribution in [-0.2, 0) is 6.42 Å². The van der Waals surface area contributed by atoms with Crippen LogP contribution in [-0.4, -0.2) is 65.4 Å². The Hall–Kier alpha value is -1.14. The average molecular weight is 264 g/mol. The van der Waals surface area contributed by atoms with Crippen LogP contribution in [0.4, 0.5) is 5.95 Å². The fourth-order valence-corrected chi connectivity index (χ4v) is 2.92. The molecule has 6 nitrogen and oxygen atoms in total. The Balaban J connectivity index is 1.53. The molecule has 0 bridgehead atoms. The van der Waals surface area contributed by atoms with Crippen LogP contribution in [0.1, 0.15) is 25.6 Å². The fraction of sp³-hybridized carbons (Fsp3) is 0.846. The topological polar surface area (TPSA) is 60.1 Å². The van der Waals surface area contributed by atoms with Gasteiger partial charge in [-0.15, -0.1) is 5.10 Å². The molecule has 0 unspecified atom stereocenters. The zero-order valence-corrected chi connectivity index (χ0v) is 11.7. The summed E-state index contributed by atoms with van der Waals surface area (Å²) in [5.74, 6) is 1.89. The molecule has 2 fully saturated rings. The summed E-state index contributed by atoms with van der Waals surface area (Å²) in [7, 11) is 0. The van der Waals surface area contributed by atoms with Crippen molar-refractivity contribution in [3.63, 3.8) is 0 Å². The highest BCUT2D eigenvalue weighted by Crippen LogP contribution is 2.11. The molecule has 3 rings (SSSR count). The normalized spacial score (nSPS) is 25.1. The van der Waals surface area contributed by atoms with Crippen molar-refractivity contribution in [3.05, 3.63) is 5.82 Å². The minimum atomic E-state index is 0.514. The van der Waals surface area contributed by atoms with Gasteiger partial charge in [0.15, 0.2) is 0 Å². The van der Waals surface area contributed by atoms with E-state index in [0.717, 1.165) is 44.4 Å². The number of anilines is 1. The Morgan fingerprint density at radius 1 is 1.26 bits per heavy atom. The van der Waals surface area contributed by atoms with Gasteiger partial charge in [0.2, 0.25) is 5.95 Å². The van der Waals surface area contributed by atoms with E-state index >= 15 is 0 Å². The second-order valence-electron chi connectivity index (χ2n) is 5.68. The van der Waals surface area contributed by atoms with Crippen LogP contribution >= 0.6 is 0 Å². The molecule has 2 saturated heterocycles. The van der Waals surface area contributed by atoms with Crippen LogP contribution in [0.25, 0.3) is 0 Å². The molecule has 1 aromatic rings. The summed E-state index contributed by atoms with van der Waals surface area (Å²) < 4.78 is 0. The highest BCUT2D eigenvalue weighted by molar-refractivity contribution is 5.30. The van der Waals surface area contributed by atoms with Crippen LogP contribution in [0.15, 0.2) is 0 Å². The molecule has 0 saturated carbocycles. The van der Waals surface area contributed by atoms with Crippen LogP contribution < -0.4 is 10.2 Å². The quantitative estimate of drug-likeness (QED) is 0.816. The van der Waals surface area contributed by atoms with Crippen molar-refractivity contribution < 1.29 is 0 Å². The first-order valence-electron chi connectivity index (χ1n) is 7.43. The van der Waals surface area contributed by atoms with Gasteiger partial charge in [-0.25, -0.2) is 0 Å². The number of aromatic nitrogens is 3. The molecule has 1 aromatic heterocycles. The maximum atomic E-state index is 4.63. The first kappa shape index (κ1) is 12.9. The monoisotopic (exact) mass is 264 g/mol. The lowest BCUT2D eigenvalue weighted by molar-refractivity contribution is 0.341. The number of rotatable bonds is 4. The molecule has 0 aliphatic carbocycles. The smallest absolute Gasteiger partial charge is 0.244 e. The first-order chi connectivity index (χ1) is 9.31. The molecule has 0 spiro atoms. The van der Waals surface area contributed by atoms with E-state index in [1.54, 1.807) is 0 Å². The van der Waals surface area contributed by atoms with Crippen LogP contribution in [0.3, 0.4) is 0 Å². The summed E-state index contributed by atoms with van der Waals surface area (Å²) in [4.78, 5) is 9.40. The van der Waals surface area contributed by atoms with Crippen molar-refractivity contribution >= 4 is 5.95 Å². The lowest BCUT2D eigenvalue weighted by atomic mass is 10.2. The zero-order valence-electron chi connectivity index (χ0n) is 11.7. The summed E-state index contributed by atoms with van der Waals surface area (Å²) >= 11 is 0. The second kappa shape index (κ2) is 5.88. The van der Waals surface area contributed by atoms with Crippen molar-refractivity contribution in [1.29, 1.82) is 0 Å². The van der Waals surface area contributed by atoms with Gasteiger partial charge in [0.1, 0.15) is 5.82 Å². The molecular formula is C13H24N6. The van der Waals surface area contributed by atoms with Gasteiger partial charge in [-0.05, 0) is 32.9 Å². The Bertz CT molecular complexity index is 398. The highest BCUT2D eigenvalue weighted by atomic mass is 15.4. The van der Waals surface area contributed by atoms with Crippen molar-refractivity contribution in [2.75, 3.05) is 44.2 Å². The number of nitrogens with zero attached hydrogens (tertiary/aromatic N) is 4. The molecular weight excluding hydrogens is 240 g/mol. The van der Waals surface area contributed by atoms with Gasteiger partial charge in [-0.2, -0.15) is 4.98 Å². The summed E-state index contributed by atoms with van der Waals surface area (Å²) in [5, 5.41) is 10.9. The zero-order chi connectivity index (χ0) is 13.1. The third-order valence-electron chi connectivity index (χ3n) is 4.04. The van der Waals surface area contributed by atoms with Gasteiger partial charge in [0, 0.05) is 38.6 Å². The van der Waals surface area contributed by atoms with Crippen molar-refractivity contribution in [1.82, 2.24) is 25.4 Å². The van der Waals surface area contributed by atoms with E-state index in [-0.39, 0.29) is 0 Å². The molecule has 1 atom stereocenters. The largest absolute Gasteiger partial charge is 0.337 e. The molecule has 2 aliphatic rings. The van der Waals surface area contributed by atoms with Gasteiger partial charge in [-0.3, -0.25) is 5.10 Å². The molecule has 0 radical (unpaired) electrons. The minimum absolute atomic E-state index is 0.514. The van der Waals surface area contributed by atoms with Crippen molar-refractivity contribution in [3.8, 4) is 0 Å². The van der Waals surface area contributed by atoms with Crippen LogP contribution in [0.5, 0.6) is 0 Å². The standard InChI is InChI=1S/C13H24N6/c1-11-10-19(9-5-14-11)13-15-12(16-17-13)4-8-18-6-2-3-7-18/h11,14H,2-10H2,1H3,(H,15,16,17)/t11-/m1/s1. The van der Waals surface area contributed by atoms with E-state index in [1.807, 2.05) is 0 Å². The van der Waals surface area contributed by atoms with E-state index in [9.17, 15) is 0 Å². The third-order valence-corrected chi connectivity index (χ3v) is 4.04. The second-order valence-corrected chi connectivity index (χ2v) is 5.68. The molecule has 19 heavy (non-hydrogen) atoms. The number of piperazine rings is 1. The number of hydrogen-bond donors (Lipinski definition) is 2. The Kier molecular flexibility index (Phi) is 3.98.